The molecule has 0 bridgehead atoms. The van der Waals surface area contributed by atoms with Gasteiger partial charge in [0, 0.05) is 38.1 Å². The van der Waals surface area contributed by atoms with E-state index in [1.807, 2.05) is 29.2 Å². The molecule has 8 heteroatoms. The van der Waals surface area contributed by atoms with Crippen LogP contribution in [0.25, 0.3) is 0 Å². The van der Waals surface area contributed by atoms with Crippen molar-refractivity contribution in [3.8, 4) is 5.75 Å². The van der Waals surface area contributed by atoms with Gasteiger partial charge in [-0.05, 0) is 43.4 Å². The Bertz CT molecular complexity index is 831. The number of carbonyl (C=O) groups is 2. The fourth-order valence-electron chi connectivity index (χ4n) is 3.12. The lowest BCUT2D eigenvalue weighted by Gasteiger charge is -2.36. The summed E-state index contributed by atoms with van der Waals surface area (Å²) < 4.78 is 9.94. The molecule has 1 aromatic carbocycles. The van der Waals surface area contributed by atoms with Crippen molar-refractivity contribution >= 4 is 17.7 Å². The van der Waals surface area contributed by atoms with Gasteiger partial charge in [-0.1, -0.05) is 0 Å². The number of likely N-dealkylation sites (N-methyl/N-ethyl adjacent to an activating group) is 1. The Hall–Kier alpha value is -3.13. The van der Waals surface area contributed by atoms with Gasteiger partial charge in [0.2, 0.25) is 0 Å². The number of rotatable bonds is 5. The summed E-state index contributed by atoms with van der Waals surface area (Å²) in [5.41, 5.74) is 1.81. The monoisotopic (exact) mass is 398 g/mol. The lowest BCUT2D eigenvalue weighted by atomic mass is 10.2. The van der Waals surface area contributed by atoms with Crippen molar-refractivity contribution in [1.29, 1.82) is 0 Å². The number of urea groups is 1. The zero-order chi connectivity index (χ0) is 20.8. The van der Waals surface area contributed by atoms with Gasteiger partial charge >= 0.3 is 12.0 Å². The van der Waals surface area contributed by atoms with Gasteiger partial charge in [0.1, 0.15) is 5.75 Å². The van der Waals surface area contributed by atoms with Gasteiger partial charge in [0.15, 0.2) is 0 Å². The van der Waals surface area contributed by atoms with Crippen molar-refractivity contribution < 1.29 is 19.1 Å². The highest BCUT2D eigenvalue weighted by Crippen LogP contribution is 2.23. The van der Waals surface area contributed by atoms with Gasteiger partial charge in [-0.15, -0.1) is 0 Å². The predicted octanol–water partition coefficient (Wildman–Crippen LogP) is 2.25. The first-order chi connectivity index (χ1) is 14.0. The van der Waals surface area contributed by atoms with Crippen LogP contribution in [0.2, 0.25) is 0 Å². The number of carbonyl (C=O) groups excluding carboxylic acids is 2. The van der Waals surface area contributed by atoms with Crippen molar-refractivity contribution in [2.45, 2.75) is 6.54 Å². The average Bonchev–Trinajstić information content (AvgIpc) is 2.77. The first-order valence-electron chi connectivity index (χ1n) is 9.44. The summed E-state index contributed by atoms with van der Waals surface area (Å²) >= 11 is 0. The maximum Gasteiger partial charge on any atom is 0.339 e. The molecule has 1 fully saturated rings. The van der Waals surface area contributed by atoms with E-state index in [1.54, 1.807) is 24.1 Å². The number of nitrogens with zero attached hydrogens (tertiary/aromatic N) is 4. The van der Waals surface area contributed by atoms with Crippen LogP contribution in [0.4, 0.5) is 10.5 Å². The number of pyridine rings is 1. The Morgan fingerprint density at radius 3 is 2.28 bits per heavy atom. The summed E-state index contributed by atoms with van der Waals surface area (Å²) in [4.78, 5) is 35.0. The summed E-state index contributed by atoms with van der Waals surface area (Å²) in [6.07, 6.45) is 1.47. The second kappa shape index (κ2) is 9.38. The number of piperazine rings is 1. The molecule has 1 aromatic heterocycles. The SMILES string of the molecule is COC(=O)c1ccc(CN(C(=O)N2CCN(C)CC2)c2ccc(OC)cc2)nc1. The van der Waals surface area contributed by atoms with E-state index in [2.05, 4.69) is 16.9 Å². The molecule has 154 valence electrons. The number of esters is 1. The Labute approximate surface area is 170 Å². The lowest BCUT2D eigenvalue weighted by Crippen LogP contribution is -2.52. The van der Waals surface area contributed by atoms with Crippen LogP contribution < -0.4 is 9.64 Å². The number of amides is 2. The molecule has 0 saturated carbocycles. The summed E-state index contributed by atoms with van der Waals surface area (Å²) in [5, 5.41) is 0. The average molecular weight is 398 g/mol. The number of anilines is 1. The topological polar surface area (TPSA) is 75.2 Å². The largest absolute Gasteiger partial charge is 0.497 e. The zero-order valence-corrected chi connectivity index (χ0v) is 17.0. The minimum atomic E-state index is -0.440. The minimum absolute atomic E-state index is 0.0675. The highest BCUT2D eigenvalue weighted by Gasteiger charge is 2.26. The second-order valence-corrected chi connectivity index (χ2v) is 6.89. The Kier molecular flexibility index (Phi) is 6.66. The third kappa shape index (κ3) is 5.03. The zero-order valence-electron chi connectivity index (χ0n) is 17.0. The van der Waals surface area contributed by atoms with E-state index >= 15 is 0 Å². The lowest BCUT2D eigenvalue weighted by molar-refractivity contribution is 0.0600. The molecule has 2 heterocycles. The summed E-state index contributed by atoms with van der Waals surface area (Å²) in [6, 6.07) is 10.7. The molecule has 8 nitrogen and oxygen atoms in total. The van der Waals surface area contributed by atoms with Crippen LogP contribution in [0.15, 0.2) is 42.6 Å². The maximum atomic E-state index is 13.3. The maximum absolute atomic E-state index is 13.3. The van der Waals surface area contributed by atoms with Gasteiger partial charge in [-0.2, -0.15) is 0 Å². The predicted molar refractivity (Wildman–Crippen MR) is 109 cm³/mol. The smallest absolute Gasteiger partial charge is 0.339 e. The molecule has 0 aliphatic carbocycles. The second-order valence-electron chi connectivity index (χ2n) is 6.89. The molecule has 3 rings (SSSR count). The Balaban J connectivity index is 1.83. The van der Waals surface area contributed by atoms with Crippen LogP contribution in [0.3, 0.4) is 0 Å². The molecule has 1 aliphatic rings. The molecular formula is C21H26N4O4. The van der Waals surface area contributed by atoms with Gasteiger partial charge in [0.25, 0.3) is 0 Å². The number of aromatic nitrogens is 1. The van der Waals surface area contributed by atoms with Crippen LogP contribution in [0, 0.1) is 0 Å². The number of methoxy groups -OCH3 is 2. The van der Waals surface area contributed by atoms with Crippen molar-refractivity contribution in [3.63, 3.8) is 0 Å². The van der Waals surface area contributed by atoms with E-state index in [4.69, 9.17) is 9.47 Å². The third-order valence-electron chi connectivity index (χ3n) is 4.95. The molecule has 0 atom stereocenters. The van der Waals surface area contributed by atoms with Crippen LogP contribution in [-0.4, -0.2) is 74.2 Å². The first kappa shape index (κ1) is 20.6. The number of benzene rings is 1. The summed E-state index contributed by atoms with van der Waals surface area (Å²) in [7, 11) is 4.99. The van der Waals surface area contributed by atoms with Crippen LogP contribution in [0.1, 0.15) is 16.1 Å². The molecule has 2 amide bonds. The van der Waals surface area contributed by atoms with Crippen LogP contribution in [-0.2, 0) is 11.3 Å². The van der Waals surface area contributed by atoms with Gasteiger partial charge in [-0.3, -0.25) is 9.88 Å². The van der Waals surface area contributed by atoms with E-state index in [9.17, 15) is 9.59 Å². The fraction of sp³-hybridized carbons (Fsp3) is 0.381. The molecule has 1 saturated heterocycles. The highest BCUT2D eigenvalue weighted by molar-refractivity contribution is 5.92. The summed E-state index contributed by atoms with van der Waals surface area (Å²) in [6.45, 7) is 3.33. The Morgan fingerprint density at radius 2 is 1.72 bits per heavy atom. The molecule has 2 aromatic rings. The molecule has 1 aliphatic heterocycles. The number of hydrogen-bond donors (Lipinski definition) is 0. The molecule has 29 heavy (non-hydrogen) atoms. The fourth-order valence-corrected chi connectivity index (χ4v) is 3.12. The van der Waals surface area contributed by atoms with E-state index < -0.39 is 5.97 Å². The normalized spacial score (nSPS) is 14.4. The van der Waals surface area contributed by atoms with Crippen molar-refractivity contribution in [2.75, 3.05) is 52.3 Å². The molecule has 0 unspecified atom stereocenters. The van der Waals surface area contributed by atoms with E-state index in [0.717, 1.165) is 24.5 Å². The van der Waals surface area contributed by atoms with Gasteiger partial charge < -0.3 is 19.3 Å². The number of ether oxygens (including phenoxy) is 2. The highest BCUT2D eigenvalue weighted by atomic mass is 16.5. The van der Waals surface area contributed by atoms with Crippen LogP contribution in [0.5, 0.6) is 5.75 Å². The van der Waals surface area contributed by atoms with Crippen molar-refractivity contribution in [1.82, 2.24) is 14.8 Å². The van der Waals surface area contributed by atoms with Gasteiger partial charge in [0.05, 0.1) is 32.0 Å². The quantitative estimate of drug-likeness (QED) is 0.719. The van der Waals surface area contributed by atoms with Gasteiger partial charge in [-0.25, -0.2) is 9.59 Å². The van der Waals surface area contributed by atoms with E-state index in [-0.39, 0.29) is 6.03 Å². The Morgan fingerprint density at radius 1 is 1.03 bits per heavy atom. The van der Waals surface area contributed by atoms with Crippen LogP contribution >= 0.6 is 0 Å². The standard InChI is InChI=1S/C21H26N4O4/c1-23-10-12-24(13-11-23)21(27)25(18-6-8-19(28-2)9-7-18)15-17-5-4-16(14-22-17)20(26)29-3/h4-9,14H,10-13,15H2,1-3H3. The molecule has 0 radical (unpaired) electrons. The van der Waals surface area contributed by atoms with Crippen molar-refractivity contribution in [2.24, 2.45) is 0 Å². The molecule has 0 N–H and O–H groups in total. The van der Waals surface area contributed by atoms with E-state index in [1.165, 1.54) is 13.3 Å². The van der Waals surface area contributed by atoms with E-state index in [0.29, 0.717) is 30.9 Å². The van der Waals surface area contributed by atoms with Crippen molar-refractivity contribution in [3.05, 3.63) is 53.9 Å². The minimum Gasteiger partial charge on any atom is -0.497 e. The third-order valence-corrected chi connectivity index (χ3v) is 4.95. The molecular weight excluding hydrogens is 372 g/mol. The first-order valence-corrected chi connectivity index (χ1v) is 9.44. The molecule has 0 spiro atoms. The number of hydrogen-bond acceptors (Lipinski definition) is 6. The summed E-state index contributed by atoms with van der Waals surface area (Å²) in [5.74, 6) is 0.283.